The molecule has 0 bridgehead atoms. The summed E-state index contributed by atoms with van der Waals surface area (Å²) in [4.78, 5) is 0. The Balaban J connectivity index is 1.49. The molecule has 1 saturated carbocycles. The Morgan fingerprint density at radius 3 is 3.00 bits per heavy atom. The Bertz CT molecular complexity index is 442. The number of hydrogen-bond donors (Lipinski definition) is 1. The highest BCUT2D eigenvalue weighted by Crippen LogP contribution is 2.39. The molecule has 2 aliphatic rings. The average molecular weight is 310 g/mol. The third kappa shape index (κ3) is 2.57. The molecule has 0 radical (unpaired) electrons. The van der Waals surface area contributed by atoms with Crippen molar-refractivity contribution in [3.63, 3.8) is 0 Å². The third-order valence-electron chi connectivity index (χ3n) is 4.25. The van der Waals surface area contributed by atoms with Crippen LogP contribution in [0.4, 0.5) is 0 Å². The fraction of sp³-hybridized carbons (Fsp3) is 0.600. The fourth-order valence-electron chi connectivity index (χ4n) is 2.89. The lowest BCUT2D eigenvalue weighted by Crippen LogP contribution is -2.41. The number of nitrogens with one attached hydrogen (secondary N) is 1. The van der Waals surface area contributed by atoms with Crippen molar-refractivity contribution in [1.82, 2.24) is 5.32 Å². The molecule has 3 heteroatoms. The van der Waals surface area contributed by atoms with Gasteiger partial charge in [-0.1, -0.05) is 29.3 Å². The monoisotopic (exact) mass is 309 g/mol. The van der Waals surface area contributed by atoms with Gasteiger partial charge in [0.2, 0.25) is 0 Å². The molecule has 1 unspecified atom stereocenters. The first kappa shape index (κ1) is 12.5. The number of hydrogen-bond acceptors (Lipinski definition) is 2. The number of benzene rings is 1. The molecule has 98 valence electrons. The molecule has 2 nitrogen and oxygen atoms in total. The van der Waals surface area contributed by atoms with Crippen LogP contribution in [0.15, 0.2) is 22.7 Å². The van der Waals surface area contributed by atoms with Crippen molar-refractivity contribution in [3.8, 4) is 5.75 Å². The van der Waals surface area contributed by atoms with Gasteiger partial charge in [-0.3, -0.25) is 0 Å². The smallest absolute Gasteiger partial charge is 0.123 e. The molecular weight excluding hydrogens is 290 g/mol. The highest BCUT2D eigenvalue weighted by Gasteiger charge is 2.31. The number of rotatable bonds is 4. The molecule has 1 atom stereocenters. The Morgan fingerprint density at radius 2 is 2.28 bits per heavy atom. The van der Waals surface area contributed by atoms with Crippen LogP contribution in [0.3, 0.4) is 0 Å². The minimum Gasteiger partial charge on any atom is -0.488 e. The summed E-state index contributed by atoms with van der Waals surface area (Å²) in [5.74, 6) is 1.06. The third-order valence-corrected chi connectivity index (χ3v) is 4.74. The molecule has 1 fully saturated rings. The molecule has 0 saturated heterocycles. The van der Waals surface area contributed by atoms with Gasteiger partial charge in [-0.2, -0.15) is 0 Å². The molecule has 1 N–H and O–H groups in total. The zero-order chi connectivity index (χ0) is 12.6. The first-order chi connectivity index (χ1) is 8.65. The second kappa shape index (κ2) is 4.86. The Morgan fingerprint density at radius 1 is 1.44 bits per heavy atom. The molecule has 18 heavy (non-hydrogen) atoms. The van der Waals surface area contributed by atoms with Crippen LogP contribution in [-0.4, -0.2) is 19.2 Å². The van der Waals surface area contributed by atoms with Gasteiger partial charge in [0.15, 0.2) is 0 Å². The van der Waals surface area contributed by atoms with Gasteiger partial charge in [0.05, 0.1) is 0 Å². The molecule has 1 aromatic carbocycles. The molecule has 3 rings (SSSR count). The second-order valence-electron chi connectivity index (χ2n) is 5.99. The maximum Gasteiger partial charge on any atom is 0.123 e. The van der Waals surface area contributed by atoms with Gasteiger partial charge >= 0.3 is 0 Å². The van der Waals surface area contributed by atoms with Crippen molar-refractivity contribution < 1.29 is 4.74 Å². The predicted molar refractivity (Wildman–Crippen MR) is 77.1 cm³/mol. The minimum absolute atomic E-state index is 0.304. The van der Waals surface area contributed by atoms with Gasteiger partial charge in [-0.15, -0.1) is 0 Å². The quantitative estimate of drug-likeness (QED) is 0.918. The van der Waals surface area contributed by atoms with E-state index >= 15 is 0 Å². The lowest BCUT2D eigenvalue weighted by molar-refractivity contribution is 0.146. The van der Waals surface area contributed by atoms with Gasteiger partial charge in [0.25, 0.3) is 0 Å². The van der Waals surface area contributed by atoms with E-state index in [0.29, 0.717) is 11.5 Å². The SMILES string of the molecule is CC1(CNCC2Cc3cc(Br)ccc3O2)CCC1. The number of ether oxygens (including phenoxy) is 1. The van der Waals surface area contributed by atoms with Crippen molar-refractivity contribution in [1.29, 1.82) is 0 Å². The first-order valence-corrected chi connectivity index (χ1v) is 7.60. The maximum atomic E-state index is 5.94. The lowest BCUT2D eigenvalue weighted by atomic mass is 9.70. The van der Waals surface area contributed by atoms with E-state index in [9.17, 15) is 0 Å². The zero-order valence-corrected chi connectivity index (χ0v) is 12.4. The average Bonchev–Trinajstić information content (AvgIpc) is 2.68. The second-order valence-corrected chi connectivity index (χ2v) is 6.91. The van der Waals surface area contributed by atoms with Crippen molar-refractivity contribution >= 4 is 15.9 Å². The minimum atomic E-state index is 0.304. The van der Waals surface area contributed by atoms with Crippen LogP contribution >= 0.6 is 15.9 Å². The molecule has 1 heterocycles. The lowest BCUT2D eigenvalue weighted by Gasteiger charge is -2.38. The summed E-state index contributed by atoms with van der Waals surface area (Å²) in [6, 6.07) is 6.28. The largest absolute Gasteiger partial charge is 0.488 e. The molecule has 1 aromatic rings. The van der Waals surface area contributed by atoms with E-state index in [1.165, 1.54) is 24.8 Å². The van der Waals surface area contributed by atoms with Gasteiger partial charge in [-0.05, 0) is 42.0 Å². The highest BCUT2D eigenvalue weighted by atomic mass is 79.9. The van der Waals surface area contributed by atoms with Gasteiger partial charge < -0.3 is 10.1 Å². The van der Waals surface area contributed by atoms with Crippen LogP contribution in [0, 0.1) is 5.41 Å². The van der Waals surface area contributed by atoms with Crippen LogP contribution in [0.2, 0.25) is 0 Å². The van der Waals surface area contributed by atoms with Gasteiger partial charge in [0, 0.05) is 24.0 Å². The first-order valence-electron chi connectivity index (χ1n) is 6.80. The zero-order valence-electron chi connectivity index (χ0n) is 10.8. The van der Waals surface area contributed by atoms with Crippen molar-refractivity contribution in [2.45, 2.75) is 38.7 Å². The van der Waals surface area contributed by atoms with Crippen LogP contribution in [-0.2, 0) is 6.42 Å². The standard InChI is InChI=1S/C15H20BrNO/c1-15(5-2-6-15)10-17-9-13-8-11-7-12(16)3-4-14(11)18-13/h3-4,7,13,17H,2,5-6,8-10H2,1H3. The van der Waals surface area contributed by atoms with E-state index in [1.807, 2.05) is 6.07 Å². The summed E-state index contributed by atoms with van der Waals surface area (Å²) >= 11 is 3.51. The van der Waals surface area contributed by atoms with E-state index in [-0.39, 0.29) is 0 Å². The summed E-state index contributed by atoms with van der Waals surface area (Å²) in [7, 11) is 0. The summed E-state index contributed by atoms with van der Waals surface area (Å²) < 4.78 is 7.08. The fourth-order valence-corrected chi connectivity index (χ4v) is 3.30. The van der Waals surface area contributed by atoms with E-state index in [0.717, 1.165) is 29.7 Å². The predicted octanol–water partition coefficient (Wildman–Crippen LogP) is 3.53. The van der Waals surface area contributed by atoms with Crippen LogP contribution in [0.25, 0.3) is 0 Å². The van der Waals surface area contributed by atoms with Crippen LogP contribution in [0.5, 0.6) is 5.75 Å². The summed E-state index contributed by atoms with van der Waals surface area (Å²) in [5, 5.41) is 3.58. The van der Waals surface area contributed by atoms with E-state index < -0.39 is 0 Å². The molecule has 1 aliphatic heterocycles. The van der Waals surface area contributed by atoms with Gasteiger partial charge in [-0.25, -0.2) is 0 Å². The van der Waals surface area contributed by atoms with Crippen molar-refractivity contribution in [2.75, 3.05) is 13.1 Å². The Labute approximate surface area is 117 Å². The number of halogens is 1. The Hall–Kier alpha value is -0.540. The molecular formula is C15H20BrNO. The molecule has 0 amide bonds. The maximum absolute atomic E-state index is 5.94. The number of fused-ring (bicyclic) bond motifs is 1. The van der Waals surface area contributed by atoms with Crippen molar-refractivity contribution in [2.24, 2.45) is 5.41 Å². The summed E-state index contributed by atoms with van der Waals surface area (Å²) in [6.07, 6.45) is 5.48. The van der Waals surface area contributed by atoms with Crippen molar-refractivity contribution in [3.05, 3.63) is 28.2 Å². The molecule has 1 aliphatic carbocycles. The van der Waals surface area contributed by atoms with Crippen LogP contribution in [0.1, 0.15) is 31.7 Å². The topological polar surface area (TPSA) is 21.3 Å². The summed E-state index contributed by atoms with van der Waals surface area (Å²) in [5.41, 5.74) is 1.88. The molecule has 0 spiro atoms. The van der Waals surface area contributed by atoms with E-state index in [2.05, 4.69) is 40.3 Å². The van der Waals surface area contributed by atoms with Gasteiger partial charge in [0.1, 0.15) is 11.9 Å². The highest BCUT2D eigenvalue weighted by molar-refractivity contribution is 9.10. The Kier molecular flexibility index (Phi) is 3.37. The molecule has 0 aromatic heterocycles. The van der Waals surface area contributed by atoms with Crippen LogP contribution < -0.4 is 10.1 Å². The van der Waals surface area contributed by atoms with E-state index in [1.54, 1.807) is 0 Å². The normalized spacial score (nSPS) is 24.2. The van der Waals surface area contributed by atoms with E-state index in [4.69, 9.17) is 4.74 Å². The summed E-state index contributed by atoms with van der Waals surface area (Å²) in [6.45, 7) is 4.47.